The summed E-state index contributed by atoms with van der Waals surface area (Å²) in [4.78, 5) is 72.8. The Hall–Kier alpha value is -1.94. The third kappa shape index (κ3) is 70.5. The molecule has 0 rings (SSSR count). The molecule has 0 bridgehead atoms. The maximum Gasteiger partial charge on any atom is 0.472 e. The van der Waals surface area contributed by atoms with Gasteiger partial charge in [-0.3, -0.25) is 37.3 Å². The normalized spacial score (nSPS) is 14.1. The number of aliphatic hydroxyl groups excluding tert-OH is 1. The van der Waals surface area contributed by atoms with Crippen LogP contribution in [0.5, 0.6) is 0 Å². The number of hydrogen-bond donors (Lipinski definition) is 3. The van der Waals surface area contributed by atoms with Gasteiger partial charge < -0.3 is 33.8 Å². The zero-order chi connectivity index (χ0) is 71.0. The van der Waals surface area contributed by atoms with Crippen molar-refractivity contribution in [1.82, 2.24) is 0 Å². The van der Waals surface area contributed by atoms with Crippen molar-refractivity contribution in [3.05, 3.63) is 0 Å². The summed E-state index contributed by atoms with van der Waals surface area (Å²) in [5.41, 5.74) is 0. The average molecular weight is 1410 g/mol. The molecular formula is C77H150O17P2. The van der Waals surface area contributed by atoms with Gasteiger partial charge in [0.1, 0.15) is 19.3 Å². The minimum atomic E-state index is -4.96. The Morgan fingerprint density at radius 2 is 0.438 bits per heavy atom. The molecule has 0 aromatic heterocycles. The summed E-state index contributed by atoms with van der Waals surface area (Å²) in [7, 11) is -9.91. The lowest BCUT2D eigenvalue weighted by molar-refractivity contribution is -0.161. The van der Waals surface area contributed by atoms with Gasteiger partial charge in [0.05, 0.1) is 26.4 Å². The van der Waals surface area contributed by atoms with Gasteiger partial charge >= 0.3 is 39.5 Å². The van der Waals surface area contributed by atoms with Crippen LogP contribution in [-0.4, -0.2) is 96.7 Å². The minimum absolute atomic E-state index is 0.103. The van der Waals surface area contributed by atoms with E-state index < -0.39 is 97.5 Å². The van der Waals surface area contributed by atoms with E-state index in [4.69, 9.17) is 37.0 Å². The lowest BCUT2D eigenvalue weighted by Gasteiger charge is -2.21. The summed E-state index contributed by atoms with van der Waals surface area (Å²) in [6, 6.07) is 0. The topological polar surface area (TPSA) is 237 Å². The van der Waals surface area contributed by atoms with Crippen LogP contribution < -0.4 is 0 Å². The summed E-state index contributed by atoms with van der Waals surface area (Å²) in [5.74, 6) is 0.902. The Labute approximate surface area is 588 Å². The minimum Gasteiger partial charge on any atom is -0.462 e. The van der Waals surface area contributed by atoms with Gasteiger partial charge in [-0.1, -0.05) is 338 Å². The van der Waals surface area contributed by atoms with Crippen molar-refractivity contribution in [2.24, 2.45) is 23.7 Å². The van der Waals surface area contributed by atoms with Gasteiger partial charge in [-0.25, -0.2) is 9.13 Å². The van der Waals surface area contributed by atoms with Crippen molar-refractivity contribution in [2.75, 3.05) is 39.6 Å². The van der Waals surface area contributed by atoms with E-state index in [1.807, 2.05) is 0 Å². The molecule has 3 unspecified atom stereocenters. The van der Waals surface area contributed by atoms with Crippen molar-refractivity contribution in [3.63, 3.8) is 0 Å². The van der Waals surface area contributed by atoms with Crippen LogP contribution in [0.2, 0.25) is 0 Å². The molecule has 19 heteroatoms. The van der Waals surface area contributed by atoms with Crippen molar-refractivity contribution in [2.45, 2.75) is 408 Å². The summed E-state index contributed by atoms with van der Waals surface area (Å²) in [5, 5.41) is 10.6. The number of phosphoric acid groups is 2. The van der Waals surface area contributed by atoms with Gasteiger partial charge in [-0.2, -0.15) is 0 Å². The molecule has 570 valence electrons. The van der Waals surface area contributed by atoms with E-state index in [0.29, 0.717) is 31.6 Å². The van der Waals surface area contributed by atoms with E-state index in [1.165, 1.54) is 186 Å². The first-order valence-electron chi connectivity index (χ1n) is 39.7. The highest BCUT2D eigenvalue weighted by Crippen LogP contribution is 2.45. The Kier molecular flexibility index (Phi) is 65.0. The maximum atomic E-state index is 13.1. The number of carbonyl (C=O) groups excluding carboxylic acids is 4. The van der Waals surface area contributed by atoms with E-state index in [-0.39, 0.29) is 25.7 Å². The molecule has 17 nitrogen and oxygen atoms in total. The highest BCUT2D eigenvalue weighted by molar-refractivity contribution is 7.47. The van der Waals surface area contributed by atoms with Crippen molar-refractivity contribution >= 4 is 39.5 Å². The summed E-state index contributed by atoms with van der Waals surface area (Å²) in [6.07, 6.45) is 51.5. The summed E-state index contributed by atoms with van der Waals surface area (Å²) < 4.78 is 68.5. The largest absolute Gasteiger partial charge is 0.472 e. The third-order valence-corrected chi connectivity index (χ3v) is 19.7. The van der Waals surface area contributed by atoms with Crippen LogP contribution in [0.3, 0.4) is 0 Å². The quantitative estimate of drug-likeness (QED) is 0.0222. The van der Waals surface area contributed by atoms with Crippen LogP contribution in [0.4, 0.5) is 0 Å². The van der Waals surface area contributed by atoms with Crippen LogP contribution in [-0.2, 0) is 65.4 Å². The number of rotatable bonds is 74. The second kappa shape index (κ2) is 66.3. The first-order valence-corrected chi connectivity index (χ1v) is 42.7. The van der Waals surface area contributed by atoms with Crippen LogP contribution >= 0.6 is 15.6 Å². The molecule has 0 heterocycles. The van der Waals surface area contributed by atoms with Crippen LogP contribution in [0.25, 0.3) is 0 Å². The molecule has 0 fully saturated rings. The first kappa shape index (κ1) is 94.1. The maximum absolute atomic E-state index is 13.1. The Morgan fingerprint density at radius 3 is 0.646 bits per heavy atom. The highest BCUT2D eigenvalue weighted by atomic mass is 31.2. The molecule has 0 spiro atoms. The molecule has 0 aromatic carbocycles. The van der Waals surface area contributed by atoms with E-state index in [9.17, 15) is 43.2 Å². The van der Waals surface area contributed by atoms with E-state index in [1.54, 1.807) is 0 Å². The molecule has 0 radical (unpaired) electrons. The Morgan fingerprint density at radius 1 is 0.260 bits per heavy atom. The van der Waals surface area contributed by atoms with Crippen molar-refractivity contribution < 1.29 is 80.2 Å². The third-order valence-electron chi connectivity index (χ3n) is 17.8. The number of carbonyl (C=O) groups is 4. The highest BCUT2D eigenvalue weighted by Gasteiger charge is 2.30. The second-order valence-corrected chi connectivity index (χ2v) is 32.6. The lowest BCUT2D eigenvalue weighted by Crippen LogP contribution is -2.30. The Balaban J connectivity index is 5.23. The molecule has 96 heavy (non-hydrogen) atoms. The SMILES string of the molecule is CC(C)CCCCCCCCCCCCCCCCCCC(=O)O[C@H](COC(=O)CCCCCCCCCCCCCCCC(C)C)COP(=O)(O)OCC(O)COP(=O)(O)OC[C@@H](COC(=O)CCCCCCCCCC(C)C)OC(=O)CCCCCCCCCCC(C)C. The van der Waals surface area contributed by atoms with E-state index in [0.717, 1.165) is 114 Å². The number of hydrogen-bond acceptors (Lipinski definition) is 15. The summed E-state index contributed by atoms with van der Waals surface area (Å²) in [6.45, 7) is 14.2. The predicted octanol–water partition coefficient (Wildman–Crippen LogP) is 22.4. The molecule has 0 amide bonds. The fourth-order valence-electron chi connectivity index (χ4n) is 11.7. The number of phosphoric ester groups is 2. The zero-order valence-corrected chi connectivity index (χ0v) is 64.8. The molecule has 0 aliphatic heterocycles. The van der Waals surface area contributed by atoms with Crippen LogP contribution in [0.1, 0.15) is 389 Å². The molecule has 0 aliphatic carbocycles. The Bertz CT molecular complexity index is 1880. The molecule has 3 N–H and O–H groups in total. The summed E-state index contributed by atoms with van der Waals surface area (Å²) >= 11 is 0. The number of aliphatic hydroxyl groups is 1. The van der Waals surface area contributed by atoms with Crippen LogP contribution in [0, 0.1) is 23.7 Å². The number of unbranched alkanes of at least 4 members (excludes halogenated alkanes) is 40. The molecule has 0 saturated carbocycles. The second-order valence-electron chi connectivity index (χ2n) is 29.7. The van der Waals surface area contributed by atoms with Gasteiger partial charge in [-0.15, -0.1) is 0 Å². The van der Waals surface area contributed by atoms with E-state index >= 15 is 0 Å². The fraction of sp³-hybridized carbons (Fsp3) is 0.948. The molecule has 0 aromatic rings. The average Bonchev–Trinajstić information content (AvgIpc) is 1.62. The first-order chi connectivity index (χ1) is 46.1. The van der Waals surface area contributed by atoms with Gasteiger partial charge in [-0.05, 0) is 49.4 Å². The van der Waals surface area contributed by atoms with Gasteiger partial charge in [0.15, 0.2) is 12.2 Å². The van der Waals surface area contributed by atoms with Gasteiger partial charge in [0.25, 0.3) is 0 Å². The molecule has 0 saturated heterocycles. The van der Waals surface area contributed by atoms with Crippen LogP contribution in [0.15, 0.2) is 0 Å². The standard InChI is InChI=1S/C77H150O17P2/c1-67(2)53-45-37-29-22-18-14-11-9-10-12-16-21-25-34-43-51-59-76(81)93-72(63-87-74(79)57-49-41-33-24-20-17-13-15-19-23-30-38-46-54-68(3)4)65-91-95(83,84)89-61-71(78)62-90-96(85,86)92-66-73(64-88-75(80)58-50-42-36-28-32-40-48-56-70(7)8)94-77(82)60-52-44-35-27-26-31-39-47-55-69(5)6/h67-73,78H,9-66H2,1-8H3,(H,83,84)(H,85,86)/t71?,72-,73-/m1/s1. The van der Waals surface area contributed by atoms with E-state index in [2.05, 4.69) is 55.4 Å². The number of ether oxygens (including phenoxy) is 4. The monoisotopic (exact) mass is 1410 g/mol. The van der Waals surface area contributed by atoms with Gasteiger partial charge in [0, 0.05) is 25.7 Å². The smallest absolute Gasteiger partial charge is 0.462 e. The zero-order valence-electron chi connectivity index (χ0n) is 63.0. The number of esters is 4. The van der Waals surface area contributed by atoms with Crippen molar-refractivity contribution in [3.8, 4) is 0 Å². The lowest BCUT2D eigenvalue weighted by atomic mass is 10.0. The molecule has 0 aliphatic rings. The predicted molar refractivity (Wildman–Crippen MR) is 391 cm³/mol. The van der Waals surface area contributed by atoms with Crippen molar-refractivity contribution in [1.29, 1.82) is 0 Å². The fourth-order valence-corrected chi connectivity index (χ4v) is 13.3. The van der Waals surface area contributed by atoms with Gasteiger partial charge in [0.2, 0.25) is 0 Å². The molecule has 5 atom stereocenters. The molecular weight excluding hydrogens is 1260 g/mol.